The van der Waals surface area contributed by atoms with E-state index in [1.54, 1.807) is 6.92 Å². The van der Waals surface area contributed by atoms with Gasteiger partial charge in [-0.3, -0.25) is 4.99 Å². The van der Waals surface area contributed by atoms with Crippen LogP contribution in [0.4, 0.5) is 0 Å². The lowest BCUT2D eigenvalue weighted by Gasteiger charge is -2.22. The fraction of sp³-hybridized carbons (Fsp3) is 0.818. The molecule has 0 atom stereocenters. The Kier molecular flexibility index (Phi) is 6.75. The van der Waals surface area contributed by atoms with Crippen LogP contribution >= 0.6 is 0 Å². The summed E-state index contributed by atoms with van der Waals surface area (Å²) < 4.78 is 0. The summed E-state index contributed by atoms with van der Waals surface area (Å²) in [5.41, 5.74) is 0. The number of carbonyl (C=O) groups excluding carboxylic acids is 1. The van der Waals surface area contributed by atoms with E-state index >= 15 is 0 Å². The molecule has 88 valence electrons. The molecule has 0 aromatic rings. The molecule has 0 unspecified atom stereocenters. The van der Waals surface area contributed by atoms with Crippen molar-refractivity contribution in [3.63, 3.8) is 0 Å². The van der Waals surface area contributed by atoms with Crippen molar-refractivity contribution in [2.24, 2.45) is 4.99 Å². The van der Waals surface area contributed by atoms with Crippen LogP contribution in [-0.4, -0.2) is 56.3 Å². The van der Waals surface area contributed by atoms with Gasteiger partial charge in [0.05, 0.1) is 0 Å². The van der Waals surface area contributed by atoms with E-state index in [0.717, 1.165) is 25.3 Å². The first-order valence-corrected chi connectivity index (χ1v) is 5.33. The van der Waals surface area contributed by atoms with Gasteiger partial charge in [-0.2, -0.15) is 0 Å². The predicted octanol–water partition coefficient (Wildman–Crippen LogP) is 1.22. The van der Waals surface area contributed by atoms with Crippen LogP contribution in [0.2, 0.25) is 0 Å². The second-order valence-corrected chi connectivity index (χ2v) is 4.13. The molecule has 0 aliphatic heterocycles. The molecule has 0 aromatic heterocycles. The maximum absolute atomic E-state index is 10.7. The lowest BCUT2D eigenvalue weighted by molar-refractivity contribution is -0.117. The molecule has 0 aliphatic rings. The molecule has 0 heterocycles. The van der Waals surface area contributed by atoms with E-state index < -0.39 is 0 Å². The summed E-state index contributed by atoms with van der Waals surface area (Å²) in [6.07, 6.45) is 2.59. The zero-order valence-corrected chi connectivity index (χ0v) is 10.6. The molecule has 0 saturated heterocycles. The summed E-state index contributed by atoms with van der Waals surface area (Å²) in [7, 11) is 7.92. The molecular formula is C11H23N3O. The largest absolute Gasteiger partial charge is 0.349 e. The normalized spacial score (nSPS) is 9.67. The average molecular weight is 213 g/mol. The molecule has 0 amide bonds. The third-order valence-electron chi connectivity index (χ3n) is 1.99. The van der Waals surface area contributed by atoms with Crippen LogP contribution in [0.1, 0.15) is 26.2 Å². The maximum atomic E-state index is 10.7. The van der Waals surface area contributed by atoms with Crippen LogP contribution in [0.25, 0.3) is 0 Å². The van der Waals surface area contributed by atoms with Gasteiger partial charge in [-0.1, -0.05) is 0 Å². The highest BCUT2D eigenvalue weighted by Crippen LogP contribution is 1.98. The van der Waals surface area contributed by atoms with E-state index in [9.17, 15) is 4.79 Å². The van der Waals surface area contributed by atoms with Crippen molar-refractivity contribution in [3.8, 4) is 0 Å². The second-order valence-electron chi connectivity index (χ2n) is 4.13. The maximum Gasteiger partial charge on any atom is 0.195 e. The van der Waals surface area contributed by atoms with E-state index in [1.165, 1.54) is 0 Å². The number of nitrogens with zero attached hydrogens (tertiary/aromatic N) is 3. The predicted molar refractivity (Wildman–Crippen MR) is 64.2 cm³/mol. The number of hydrogen-bond acceptors (Lipinski definition) is 2. The molecule has 0 N–H and O–H groups in total. The van der Waals surface area contributed by atoms with Crippen LogP contribution in [0.3, 0.4) is 0 Å². The molecule has 0 bridgehead atoms. The second kappa shape index (κ2) is 7.26. The Hall–Kier alpha value is -1.06. The number of ketones is 1. The van der Waals surface area contributed by atoms with Gasteiger partial charge >= 0.3 is 0 Å². The third kappa shape index (κ3) is 6.94. The Morgan fingerprint density at radius 3 is 2.00 bits per heavy atom. The first kappa shape index (κ1) is 13.9. The van der Waals surface area contributed by atoms with Crippen molar-refractivity contribution in [2.75, 3.05) is 34.7 Å². The van der Waals surface area contributed by atoms with Gasteiger partial charge in [0.2, 0.25) is 0 Å². The Labute approximate surface area is 93.0 Å². The van der Waals surface area contributed by atoms with Crippen molar-refractivity contribution in [3.05, 3.63) is 0 Å². The molecule has 4 heteroatoms. The van der Waals surface area contributed by atoms with Gasteiger partial charge in [0.1, 0.15) is 5.78 Å². The van der Waals surface area contributed by atoms with Gasteiger partial charge in [0.25, 0.3) is 0 Å². The summed E-state index contributed by atoms with van der Waals surface area (Å²) in [6, 6.07) is 0. The van der Waals surface area contributed by atoms with Gasteiger partial charge in [-0.15, -0.1) is 0 Å². The Balaban J connectivity index is 3.86. The zero-order valence-electron chi connectivity index (χ0n) is 10.6. The molecule has 0 saturated carbocycles. The minimum Gasteiger partial charge on any atom is -0.349 e. The van der Waals surface area contributed by atoms with Crippen molar-refractivity contribution in [2.45, 2.75) is 26.2 Å². The first-order valence-electron chi connectivity index (χ1n) is 5.33. The fourth-order valence-corrected chi connectivity index (χ4v) is 1.35. The van der Waals surface area contributed by atoms with Crippen molar-refractivity contribution >= 4 is 11.7 Å². The van der Waals surface area contributed by atoms with E-state index in [2.05, 4.69) is 4.99 Å². The fourth-order valence-electron chi connectivity index (χ4n) is 1.35. The van der Waals surface area contributed by atoms with Gasteiger partial charge in [0.15, 0.2) is 5.96 Å². The molecule has 0 aliphatic carbocycles. The number of Topliss-reactive ketones (excluding diaryl/α,β-unsaturated/α-hetero) is 1. The van der Waals surface area contributed by atoms with Gasteiger partial charge < -0.3 is 14.6 Å². The molecular weight excluding hydrogens is 190 g/mol. The molecule has 15 heavy (non-hydrogen) atoms. The summed E-state index contributed by atoms with van der Waals surface area (Å²) in [6.45, 7) is 2.42. The highest BCUT2D eigenvalue weighted by molar-refractivity contribution is 5.79. The van der Waals surface area contributed by atoms with Gasteiger partial charge in [-0.05, 0) is 19.8 Å². The van der Waals surface area contributed by atoms with Gasteiger partial charge in [-0.25, -0.2) is 0 Å². The van der Waals surface area contributed by atoms with Crippen molar-refractivity contribution < 1.29 is 4.79 Å². The van der Waals surface area contributed by atoms with Crippen LogP contribution in [-0.2, 0) is 4.79 Å². The summed E-state index contributed by atoms with van der Waals surface area (Å²) in [5, 5.41) is 0. The van der Waals surface area contributed by atoms with E-state index in [4.69, 9.17) is 0 Å². The Morgan fingerprint density at radius 1 is 1.07 bits per heavy atom. The zero-order chi connectivity index (χ0) is 11.8. The molecule has 0 spiro atoms. The quantitative estimate of drug-likeness (QED) is 0.391. The molecule has 4 nitrogen and oxygen atoms in total. The van der Waals surface area contributed by atoms with Crippen molar-refractivity contribution in [1.29, 1.82) is 0 Å². The average Bonchev–Trinajstić information content (AvgIpc) is 2.08. The summed E-state index contributed by atoms with van der Waals surface area (Å²) in [5.74, 6) is 1.23. The molecule has 0 aromatic carbocycles. The topological polar surface area (TPSA) is 35.9 Å². The number of hydrogen-bond donors (Lipinski definition) is 0. The van der Waals surface area contributed by atoms with E-state index in [-0.39, 0.29) is 5.78 Å². The standard InChI is InChI=1S/C11H23N3O/c1-10(15)8-6-7-9-12-11(13(2)3)14(4)5/h6-9H2,1-5H3. The highest BCUT2D eigenvalue weighted by atomic mass is 16.1. The van der Waals surface area contributed by atoms with Crippen LogP contribution < -0.4 is 0 Å². The SMILES string of the molecule is CC(=O)CCCCN=C(N(C)C)N(C)C. The molecule has 0 radical (unpaired) electrons. The van der Waals surface area contributed by atoms with Crippen LogP contribution in [0.5, 0.6) is 0 Å². The van der Waals surface area contributed by atoms with Crippen molar-refractivity contribution in [1.82, 2.24) is 9.80 Å². The minimum atomic E-state index is 0.263. The van der Waals surface area contributed by atoms with E-state index in [0.29, 0.717) is 6.42 Å². The smallest absolute Gasteiger partial charge is 0.195 e. The lowest BCUT2D eigenvalue weighted by atomic mass is 10.2. The van der Waals surface area contributed by atoms with Crippen LogP contribution in [0, 0.1) is 0 Å². The summed E-state index contributed by atoms with van der Waals surface area (Å²) >= 11 is 0. The minimum absolute atomic E-state index is 0.263. The molecule has 0 fully saturated rings. The molecule has 0 rings (SSSR count). The number of unbranched alkanes of at least 4 members (excludes halogenated alkanes) is 1. The number of aliphatic imine (C=N–C) groups is 1. The van der Waals surface area contributed by atoms with Gasteiger partial charge in [0, 0.05) is 41.2 Å². The Bertz CT molecular complexity index is 212. The number of carbonyl (C=O) groups is 1. The Morgan fingerprint density at radius 2 is 1.60 bits per heavy atom. The number of guanidine groups is 1. The third-order valence-corrected chi connectivity index (χ3v) is 1.99. The highest BCUT2D eigenvalue weighted by Gasteiger charge is 2.02. The van der Waals surface area contributed by atoms with Crippen LogP contribution in [0.15, 0.2) is 4.99 Å². The monoisotopic (exact) mass is 213 g/mol. The summed E-state index contributed by atoms with van der Waals surface area (Å²) in [4.78, 5) is 19.2. The lowest BCUT2D eigenvalue weighted by Crippen LogP contribution is -2.35. The first-order chi connectivity index (χ1) is 6.95. The number of rotatable bonds is 5. The van der Waals surface area contributed by atoms with E-state index in [1.807, 2.05) is 38.0 Å².